The third kappa shape index (κ3) is 6.74. The maximum Gasteiger partial charge on any atom is 0.416 e. The minimum Gasteiger partial charge on any atom is -0.437 e. The highest BCUT2D eigenvalue weighted by atomic mass is 19.4. The largest absolute Gasteiger partial charge is 0.437 e. The van der Waals surface area contributed by atoms with Crippen molar-refractivity contribution >= 4 is 22.8 Å². The molecule has 13 heteroatoms. The summed E-state index contributed by atoms with van der Waals surface area (Å²) >= 11 is 0. The molecule has 2 aliphatic heterocycles. The van der Waals surface area contributed by atoms with Crippen LogP contribution in [-0.2, 0) is 19.3 Å². The standard InChI is InChI=1S/C32H37F3N8O2/c1-4-21-17-43(18-23-13-25(15-36-28(21)23)45-30-26-12-20(3)39-29(26)37-19-38-30)31(44)40-24-7-6-22(27(14-24)32(33,34)35)16-42-10-8-41(5-2)9-11-42/h6-7,12-15,19,21H,4-5,8-11,16-18H2,1-3H3,(H,40,44)(H,37,38,39). The van der Waals surface area contributed by atoms with E-state index in [1.165, 1.54) is 12.4 Å². The molecule has 0 spiro atoms. The van der Waals surface area contributed by atoms with Crippen molar-refractivity contribution in [2.24, 2.45) is 0 Å². The molecule has 0 saturated carbocycles. The van der Waals surface area contributed by atoms with Gasteiger partial charge < -0.3 is 24.8 Å². The number of aryl methyl sites for hydroxylation is 1. The highest BCUT2D eigenvalue weighted by Crippen LogP contribution is 2.36. The number of likely N-dealkylation sites (N-methyl/N-ethyl adjacent to an activating group) is 1. The van der Waals surface area contributed by atoms with Crippen LogP contribution in [0.1, 0.15) is 54.3 Å². The Labute approximate surface area is 259 Å². The van der Waals surface area contributed by atoms with Gasteiger partial charge in [0.05, 0.1) is 22.8 Å². The first-order valence-corrected chi connectivity index (χ1v) is 15.3. The summed E-state index contributed by atoms with van der Waals surface area (Å²) in [6.45, 7) is 10.9. The molecule has 2 amide bonds. The predicted molar refractivity (Wildman–Crippen MR) is 164 cm³/mol. The Morgan fingerprint density at radius 2 is 1.84 bits per heavy atom. The summed E-state index contributed by atoms with van der Waals surface area (Å²) in [5.41, 5.74) is 2.86. The van der Waals surface area contributed by atoms with Crippen molar-refractivity contribution in [3.63, 3.8) is 0 Å². The predicted octanol–water partition coefficient (Wildman–Crippen LogP) is 6.15. The molecule has 2 N–H and O–H groups in total. The molecule has 0 aliphatic carbocycles. The lowest BCUT2D eigenvalue weighted by Gasteiger charge is -2.34. The van der Waals surface area contributed by atoms with Crippen LogP contribution < -0.4 is 10.1 Å². The number of carbonyl (C=O) groups excluding carboxylic acids is 1. The van der Waals surface area contributed by atoms with Crippen LogP contribution in [0.15, 0.2) is 42.9 Å². The number of halogens is 3. The number of hydrogen-bond acceptors (Lipinski definition) is 7. The highest BCUT2D eigenvalue weighted by molar-refractivity contribution is 5.89. The van der Waals surface area contributed by atoms with Crippen molar-refractivity contribution < 1.29 is 22.7 Å². The summed E-state index contributed by atoms with van der Waals surface area (Å²) in [4.78, 5) is 35.7. The SMILES string of the molecule is CCC1CN(C(=O)Nc2ccc(CN3CCN(CC)CC3)c(C(F)(F)F)c2)Cc2cc(Oc3ncnc4[nH]c(C)cc34)cnc21. The van der Waals surface area contributed by atoms with Crippen molar-refractivity contribution in [2.45, 2.75) is 52.4 Å². The minimum absolute atomic E-state index is 0.0343. The molecular formula is C32H37F3N8O2. The lowest BCUT2D eigenvalue weighted by molar-refractivity contribution is -0.138. The van der Waals surface area contributed by atoms with E-state index in [1.54, 1.807) is 17.2 Å². The monoisotopic (exact) mass is 622 g/mol. The number of fused-ring (bicyclic) bond motifs is 2. The highest BCUT2D eigenvalue weighted by Gasteiger charge is 2.35. The van der Waals surface area contributed by atoms with E-state index < -0.39 is 17.8 Å². The second-order valence-corrected chi connectivity index (χ2v) is 11.7. The summed E-state index contributed by atoms with van der Waals surface area (Å²) < 4.78 is 48.6. The fourth-order valence-corrected chi connectivity index (χ4v) is 6.15. The summed E-state index contributed by atoms with van der Waals surface area (Å²) in [6.07, 6.45) is -0.745. The van der Waals surface area contributed by atoms with Gasteiger partial charge in [0.15, 0.2) is 0 Å². The molecule has 238 valence electrons. The number of nitrogens with one attached hydrogen (secondary N) is 2. The number of amides is 2. The van der Waals surface area contributed by atoms with Crippen LogP contribution in [0.25, 0.3) is 11.0 Å². The zero-order valence-electron chi connectivity index (χ0n) is 25.6. The van der Waals surface area contributed by atoms with Gasteiger partial charge in [0.1, 0.15) is 17.7 Å². The number of pyridine rings is 1. The Morgan fingerprint density at radius 3 is 2.58 bits per heavy atom. The van der Waals surface area contributed by atoms with E-state index >= 15 is 0 Å². The van der Waals surface area contributed by atoms with Crippen LogP contribution in [0.5, 0.6) is 11.6 Å². The van der Waals surface area contributed by atoms with Crippen LogP contribution in [0.3, 0.4) is 0 Å². The van der Waals surface area contributed by atoms with E-state index in [-0.39, 0.29) is 30.3 Å². The molecule has 1 unspecified atom stereocenters. The topological polar surface area (TPSA) is 103 Å². The van der Waals surface area contributed by atoms with E-state index in [0.717, 1.165) is 67.5 Å². The van der Waals surface area contributed by atoms with Gasteiger partial charge in [-0.25, -0.2) is 14.8 Å². The number of carbonyl (C=O) groups is 1. The second kappa shape index (κ2) is 12.6. The molecule has 10 nitrogen and oxygen atoms in total. The van der Waals surface area contributed by atoms with E-state index in [9.17, 15) is 18.0 Å². The molecule has 3 aromatic heterocycles. The number of anilines is 1. The molecule has 1 fully saturated rings. The van der Waals surface area contributed by atoms with Gasteiger partial charge in [-0.1, -0.05) is 19.9 Å². The Kier molecular flexibility index (Phi) is 8.65. The van der Waals surface area contributed by atoms with Gasteiger partial charge in [0, 0.05) is 63.1 Å². The van der Waals surface area contributed by atoms with Gasteiger partial charge in [-0.05, 0) is 55.3 Å². The van der Waals surface area contributed by atoms with Crippen LogP contribution >= 0.6 is 0 Å². The maximum absolute atomic E-state index is 14.2. The van der Waals surface area contributed by atoms with Crippen molar-refractivity contribution in [3.05, 3.63) is 70.9 Å². The molecule has 0 radical (unpaired) electrons. The normalized spacial score (nSPS) is 17.8. The number of urea groups is 1. The maximum atomic E-state index is 14.2. The first-order chi connectivity index (χ1) is 21.6. The van der Waals surface area contributed by atoms with E-state index in [4.69, 9.17) is 4.74 Å². The van der Waals surface area contributed by atoms with Gasteiger partial charge in [0.2, 0.25) is 5.88 Å². The molecule has 0 bridgehead atoms. The number of alkyl halides is 3. The number of benzene rings is 1. The molecule has 45 heavy (non-hydrogen) atoms. The summed E-state index contributed by atoms with van der Waals surface area (Å²) in [7, 11) is 0. The van der Waals surface area contributed by atoms with Crippen molar-refractivity contribution in [1.29, 1.82) is 0 Å². The first kappa shape index (κ1) is 30.8. The summed E-state index contributed by atoms with van der Waals surface area (Å²) in [5, 5.41) is 3.45. The third-order valence-electron chi connectivity index (χ3n) is 8.66. The Bertz CT molecular complexity index is 1680. The van der Waals surface area contributed by atoms with Gasteiger partial charge in [-0.2, -0.15) is 13.2 Å². The van der Waals surface area contributed by atoms with Crippen LogP contribution in [0.4, 0.5) is 23.7 Å². The first-order valence-electron chi connectivity index (χ1n) is 15.3. The molecule has 4 aromatic rings. The number of piperazine rings is 1. The molecule has 2 aliphatic rings. The second-order valence-electron chi connectivity index (χ2n) is 11.7. The average Bonchev–Trinajstić information content (AvgIpc) is 3.42. The fraction of sp³-hybridized carbons (Fsp3) is 0.438. The van der Waals surface area contributed by atoms with Gasteiger partial charge in [0.25, 0.3) is 0 Å². The quantitative estimate of drug-likeness (QED) is 0.255. The Balaban J connectivity index is 1.18. The molecule has 1 atom stereocenters. The Hall–Kier alpha value is -4.23. The number of rotatable bonds is 7. The number of ether oxygens (including phenoxy) is 1. The third-order valence-corrected chi connectivity index (χ3v) is 8.66. The van der Waals surface area contributed by atoms with E-state index in [1.807, 2.05) is 30.9 Å². The summed E-state index contributed by atoms with van der Waals surface area (Å²) in [6, 6.07) is 7.35. The minimum atomic E-state index is -4.55. The number of nitrogens with zero attached hydrogens (tertiary/aromatic N) is 6. The molecule has 1 saturated heterocycles. The molecule has 1 aromatic carbocycles. The van der Waals surface area contributed by atoms with Gasteiger partial charge >= 0.3 is 12.2 Å². The van der Waals surface area contributed by atoms with Crippen molar-refractivity contribution in [3.8, 4) is 11.6 Å². The number of hydrogen-bond donors (Lipinski definition) is 2. The molecule has 5 heterocycles. The summed E-state index contributed by atoms with van der Waals surface area (Å²) in [5.74, 6) is 0.815. The number of aromatic amines is 1. The zero-order chi connectivity index (χ0) is 31.7. The lowest BCUT2D eigenvalue weighted by atomic mass is 9.92. The lowest BCUT2D eigenvalue weighted by Crippen LogP contribution is -2.45. The fourth-order valence-electron chi connectivity index (χ4n) is 6.15. The molecule has 6 rings (SSSR count). The van der Waals surface area contributed by atoms with Crippen LogP contribution in [0.2, 0.25) is 0 Å². The van der Waals surface area contributed by atoms with Gasteiger partial charge in [-0.15, -0.1) is 0 Å². The van der Waals surface area contributed by atoms with E-state index in [0.29, 0.717) is 23.8 Å². The van der Waals surface area contributed by atoms with E-state index in [2.05, 4.69) is 37.1 Å². The smallest absolute Gasteiger partial charge is 0.416 e. The average molecular weight is 623 g/mol. The number of aromatic nitrogens is 4. The molecular weight excluding hydrogens is 585 g/mol. The van der Waals surface area contributed by atoms with Crippen LogP contribution in [0, 0.1) is 6.92 Å². The van der Waals surface area contributed by atoms with Crippen LogP contribution in [-0.4, -0.2) is 79.9 Å². The van der Waals surface area contributed by atoms with Crippen molar-refractivity contribution in [1.82, 2.24) is 34.6 Å². The van der Waals surface area contributed by atoms with Crippen molar-refractivity contribution in [2.75, 3.05) is 44.6 Å². The van der Waals surface area contributed by atoms with Gasteiger partial charge in [-0.3, -0.25) is 9.88 Å². The Morgan fingerprint density at radius 1 is 1.07 bits per heavy atom. The number of H-pyrrole nitrogens is 1. The zero-order valence-corrected chi connectivity index (χ0v) is 25.6.